The molecule has 2 amide bonds. The summed E-state index contributed by atoms with van der Waals surface area (Å²) in [6.45, 7) is 1.31. The molecule has 0 radical (unpaired) electrons. The molecule has 8 nitrogen and oxygen atoms in total. The summed E-state index contributed by atoms with van der Waals surface area (Å²) in [5.41, 5.74) is -0.933. The second-order valence-electron chi connectivity index (χ2n) is 10.6. The number of fused-ring (bicyclic) bond motifs is 2. The van der Waals surface area contributed by atoms with E-state index >= 15 is 0 Å². The number of alkyl halides is 5. The van der Waals surface area contributed by atoms with Gasteiger partial charge in [0.05, 0.1) is 11.0 Å². The molecule has 14 heteroatoms. The average molecular weight is 588 g/mol. The van der Waals surface area contributed by atoms with Crippen LogP contribution in [0.2, 0.25) is 0 Å². The Kier molecular flexibility index (Phi) is 8.01. The first-order valence-corrected chi connectivity index (χ1v) is 14.2. The molecule has 0 unspecified atom stereocenters. The van der Waals surface area contributed by atoms with Gasteiger partial charge in [0.15, 0.2) is 5.01 Å². The van der Waals surface area contributed by atoms with Gasteiger partial charge in [-0.3, -0.25) is 9.59 Å². The first-order chi connectivity index (χ1) is 19.0. The Morgan fingerprint density at radius 2 is 1.82 bits per heavy atom. The van der Waals surface area contributed by atoms with Crippen LogP contribution in [0.4, 0.5) is 27.8 Å². The number of aromatic nitrogens is 2. The Morgan fingerprint density at radius 1 is 1.15 bits per heavy atom. The highest BCUT2D eigenvalue weighted by atomic mass is 32.1. The molecule has 0 spiro atoms. The van der Waals surface area contributed by atoms with Crippen molar-refractivity contribution in [3.05, 3.63) is 28.5 Å². The number of aliphatic hydroxyl groups is 1. The zero-order valence-corrected chi connectivity index (χ0v) is 22.5. The molecule has 218 valence electrons. The molecular weight excluding hydrogens is 557 g/mol. The molecule has 1 saturated carbocycles. The predicted octanol–water partition coefficient (Wildman–Crippen LogP) is 5.31. The second kappa shape index (κ2) is 11.2. The van der Waals surface area contributed by atoms with Gasteiger partial charge < -0.3 is 20.6 Å². The molecule has 2 aliphatic heterocycles. The number of hydrogen-bond donors (Lipinski definition) is 3. The number of anilines is 1. The van der Waals surface area contributed by atoms with Gasteiger partial charge in [-0.25, -0.2) is 18.7 Å². The maximum absolute atomic E-state index is 14.3. The standard InChI is InChI=1S/C26H30F5N5O3S/c1-2-18(26(29,30)31)34-19-10-16(22(27)28)17(11-32-19)21-20(25(39)36-13-4-5-14(36)7-6-13)35-24(40-21)23(38)33-12-3-8-15(37)9-12/h10-15,18,22,37H,2-9H2,1H3,(H,32,34)(H,33,38)/t12-,13?,14?,15-,18+/m1/s1. The molecule has 3 aliphatic rings. The summed E-state index contributed by atoms with van der Waals surface area (Å²) >= 11 is 0.768. The van der Waals surface area contributed by atoms with Gasteiger partial charge in [0.25, 0.3) is 18.2 Å². The zero-order chi connectivity index (χ0) is 28.8. The van der Waals surface area contributed by atoms with Gasteiger partial charge in [-0.05, 0) is 57.4 Å². The Hall–Kier alpha value is -2.87. The maximum Gasteiger partial charge on any atom is 0.408 e. The van der Waals surface area contributed by atoms with Crippen molar-refractivity contribution in [2.75, 3.05) is 5.32 Å². The van der Waals surface area contributed by atoms with Crippen LogP contribution in [-0.4, -0.2) is 68.2 Å². The number of aliphatic hydroxyl groups excluding tert-OH is 1. The van der Waals surface area contributed by atoms with E-state index in [2.05, 4.69) is 20.6 Å². The Morgan fingerprint density at radius 3 is 2.38 bits per heavy atom. The minimum Gasteiger partial charge on any atom is -0.393 e. The third-order valence-corrected chi connectivity index (χ3v) is 9.08. The summed E-state index contributed by atoms with van der Waals surface area (Å²) in [5, 5.41) is 14.6. The van der Waals surface area contributed by atoms with Crippen molar-refractivity contribution in [3.63, 3.8) is 0 Å². The average Bonchev–Trinajstić information content (AvgIpc) is 3.70. The Labute approximate surface area is 231 Å². The van der Waals surface area contributed by atoms with Crippen LogP contribution in [0.3, 0.4) is 0 Å². The number of hydrogen-bond acceptors (Lipinski definition) is 7. The van der Waals surface area contributed by atoms with Gasteiger partial charge in [0, 0.05) is 35.4 Å². The number of nitrogens with one attached hydrogen (secondary N) is 2. The van der Waals surface area contributed by atoms with Crippen LogP contribution < -0.4 is 10.6 Å². The molecule has 3 atom stereocenters. The predicted molar refractivity (Wildman–Crippen MR) is 137 cm³/mol. The highest BCUT2D eigenvalue weighted by molar-refractivity contribution is 7.17. The first-order valence-electron chi connectivity index (χ1n) is 13.4. The largest absolute Gasteiger partial charge is 0.408 e. The number of halogens is 5. The zero-order valence-electron chi connectivity index (χ0n) is 21.7. The van der Waals surface area contributed by atoms with Gasteiger partial charge in [0.1, 0.15) is 17.6 Å². The van der Waals surface area contributed by atoms with Crippen molar-refractivity contribution < 1.29 is 36.6 Å². The number of carbonyl (C=O) groups excluding carboxylic acids is 2. The minimum atomic E-state index is -4.61. The number of nitrogens with zero attached hydrogens (tertiary/aromatic N) is 3. The van der Waals surface area contributed by atoms with Crippen LogP contribution in [0.5, 0.6) is 0 Å². The fourth-order valence-corrected chi connectivity index (χ4v) is 6.95. The Bertz CT molecular complexity index is 1250. The lowest BCUT2D eigenvalue weighted by molar-refractivity contribution is -0.142. The molecule has 4 heterocycles. The second-order valence-corrected chi connectivity index (χ2v) is 11.6. The first kappa shape index (κ1) is 28.7. The van der Waals surface area contributed by atoms with Crippen molar-refractivity contribution in [1.82, 2.24) is 20.2 Å². The van der Waals surface area contributed by atoms with Gasteiger partial charge in [-0.15, -0.1) is 11.3 Å². The van der Waals surface area contributed by atoms with E-state index in [4.69, 9.17) is 0 Å². The quantitative estimate of drug-likeness (QED) is 0.362. The van der Waals surface area contributed by atoms with Gasteiger partial charge >= 0.3 is 6.18 Å². The molecular formula is C26H30F5N5O3S. The van der Waals surface area contributed by atoms with E-state index in [1.54, 1.807) is 4.90 Å². The van der Waals surface area contributed by atoms with E-state index in [9.17, 15) is 36.6 Å². The highest BCUT2D eigenvalue weighted by Crippen LogP contribution is 2.42. The van der Waals surface area contributed by atoms with Crippen LogP contribution in [0.25, 0.3) is 10.4 Å². The molecule has 2 aromatic rings. The smallest absolute Gasteiger partial charge is 0.393 e. The van der Waals surface area contributed by atoms with Crippen molar-refractivity contribution >= 4 is 29.0 Å². The number of rotatable bonds is 8. The Balaban J connectivity index is 1.52. The van der Waals surface area contributed by atoms with Crippen molar-refractivity contribution in [1.29, 1.82) is 0 Å². The van der Waals surface area contributed by atoms with Gasteiger partial charge in [-0.2, -0.15) is 13.2 Å². The van der Waals surface area contributed by atoms with Crippen molar-refractivity contribution in [2.24, 2.45) is 0 Å². The number of carbonyl (C=O) groups is 2. The summed E-state index contributed by atoms with van der Waals surface area (Å²) in [7, 11) is 0. The van der Waals surface area contributed by atoms with E-state index in [1.165, 1.54) is 6.92 Å². The molecule has 2 aromatic heterocycles. The molecule has 3 fully saturated rings. The van der Waals surface area contributed by atoms with E-state index in [-0.39, 0.29) is 51.5 Å². The summed E-state index contributed by atoms with van der Waals surface area (Å²) < 4.78 is 68.4. The number of amides is 2. The third kappa shape index (κ3) is 5.65. The molecule has 1 aliphatic carbocycles. The topological polar surface area (TPSA) is 107 Å². The van der Waals surface area contributed by atoms with E-state index in [0.29, 0.717) is 19.3 Å². The molecule has 0 aromatic carbocycles. The van der Waals surface area contributed by atoms with Crippen LogP contribution in [0.15, 0.2) is 12.3 Å². The van der Waals surface area contributed by atoms with E-state index < -0.39 is 42.1 Å². The third-order valence-electron chi connectivity index (χ3n) is 7.99. The number of pyridine rings is 1. The fraction of sp³-hybridized carbons (Fsp3) is 0.615. The summed E-state index contributed by atoms with van der Waals surface area (Å²) in [5.74, 6) is -1.43. The molecule has 3 N–H and O–H groups in total. The van der Waals surface area contributed by atoms with Gasteiger partial charge in [0.2, 0.25) is 0 Å². The lowest BCUT2D eigenvalue weighted by Crippen LogP contribution is -2.36. The fourth-order valence-electron chi connectivity index (χ4n) is 5.96. The van der Waals surface area contributed by atoms with Crippen molar-refractivity contribution in [2.45, 2.75) is 101 Å². The summed E-state index contributed by atoms with van der Waals surface area (Å²) in [4.78, 5) is 36.8. The van der Waals surface area contributed by atoms with Crippen molar-refractivity contribution in [3.8, 4) is 10.4 Å². The molecule has 40 heavy (non-hydrogen) atoms. The number of thiazole rings is 1. The van der Waals surface area contributed by atoms with E-state index in [1.807, 2.05) is 0 Å². The molecule has 2 saturated heterocycles. The minimum absolute atomic E-state index is 0.0110. The highest BCUT2D eigenvalue weighted by Gasteiger charge is 2.44. The molecule has 2 bridgehead atoms. The summed E-state index contributed by atoms with van der Waals surface area (Å²) in [6, 6.07) is -1.39. The normalized spacial score (nSPS) is 25.1. The van der Waals surface area contributed by atoms with Crippen LogP contribution in [-0.2, 0) is 0 Å². The van der Waals surface area contributed by atoms with E-state index in [0.717, 1.165) is 49.3 Å². The lowest BCUT2D eigenvalue weighted by atomic mass is 10.0. The summed E-state index contributed by atoms with van der Waals surface area (Å²) in [6.07, 6.45) is -2.78. The maximum atomic E-state index is 14.3. The lowest BCUT2D eigenvalue weighted by Gasteiger charge is -2.22. The SMILES string of the molecule is CC[C@H](Nc1cc(C(F)F)c(-c2sc(C(=O)N[C@@H]3CC[C@@H](O)C3)nc2C(=O)N2C3CCC2CC3)cn1)C(F)(F)F. The van der Waals surface area contributed by atoms with Gasteiger partial charge in [-0.1, -0.05) is 6.92 Å². The monoisotopic (exact) mass is 587 g/mol. The van der Waals surface area contributed by atoms with Crippen LogP contribution in [0, 0.1) is 0 Å². The molecule has 5 rings (SSSR count). The van der Waals surface area contributed by atoms with Crippen LogP contribution in [0.1, 0.15) is 90.6 Å². The van der Waals surface area contributed by atoms with Crippen LogP contribution >= 0.6 is 11.3 Å².